The summed E-state index contributed by atoms with van der Waals surface area (Å²) in [4.78, 5) is 25.6. The summed E-state index contributed by atoms with van der Waals surface area (Å²) in [7, 11) is 0. The molecule has 6 nitrogen and oxygen atoms in total. The summed E-state index contributed by atoms with van der Waals surface area (Å²) < 4.78 is 13.5. The van der Waals surface area contributed by atoms with Gasteiger partial charge in [-0.2, -0.15) is 4.98 Å². The summed E-state index contributed by atoms with van der Waals surface area (Å²) in [5.41, 5.74) is 4.16. The molecule has 0 spiro atoms. The monoisotopic (exact) mass is 214 g/mol. The number of nitrogens with zero attached hydrogens (tertiary/aromatic N) is 2. The zero-order chi connectivity index (χ0) is 11.4. The molecule has 0 atom stereocenters. The highest BCUT2D eigenvalue weighted by Crippen LogP contribution is 2.00. The Kier molecular flexibility index (Phi) is 3.37. The van der Waals surface area contributed by atoms with Crippen molar-refractivity contribution in [2.45, 2.75) is 13.3 Å². The number of aromatic nitrogens is 2. The highest BCUT2D eigenvalue weighted by molar-refractivity contribution is 5.76. The minimum absolute atomic E-state index is 0.400. The van der Waals surface area contributed by atoms with Gasteiger partial charge in [0.25, 0.3) is 0 Å². The van der Waals surface area contributed by atoms with Gasteiger partial charge in [0.2, 0.25) is 0 Å². The van der Waals surface area contributed by atoms with Crippen LogP contribution < -0.4 is 16.7 Å². The van der Waals surface area contributed by atoms with Gasteiger partial charge in [0.15, 0.2) is 11.6 Å². The molecular formula is C8H11FN4O2. The van der Waals surface area contributed by atoms with Crippen LogP contribution in [-0.2, 0) is 0 Å². The van der Waals surface area contributed by atoms with E-state index in [9.17, 15) is 14.0 Å². The van der Waals surface area contributed by atoms with Gasteiger partial charge < -0.3 is 11.1 Å². The molecule has 3 N–H and O–H groups in total. The number of carbonyl (C=O) groups is 1. The lowest BCUT2D eigenvalue weighted by atomic mass is 10.5. The van der Waals surface area contributed by atoms with Gasteiger partial charge in [-0.05, 0) is 6.42 Å². The van der Waals surface area contributed by atoms with E-state index >= 15 is 0 Å². The summed E-state index contributed by atoms with van der Waals surface area (Å²) in [6.45, 7) is 2.25. The lowest BCUT2D eigenvalue weighted by molar-refractivity contribution is 0.241. The molecule has 7 heteroatoms. The van der Waals surface area contributed by atoms with Gasteiger partial charge in [0.05, 0.1) is 6.20 Å². The third kappa shape index (κ3) is 2.52. The SMILES string of the molecule is CCCNC(=O)n1cc(F)c(N)nc1=O. The van der Waals surface area contributed by atoms with Crippen LogP contribution in [0.4, 0.5) is 15.0 Å². The first kappa shape index (κ1) is 11.2. The minimum Gasteiger partial charge on any atom is -0.381 e. The maximum atomic E-state index is 12.9. The Morgan fingerprint density at radius 3 is 3.00 bits per heavy atom. The molecule has 1 amide bonds. The quantitative estimate of drug-likeness (QED) is 0.721. The number of nitrogens with one attached hydrogen (secondary N) is 1. The van der Waals surface area contributed by atoms with Crippen LogP contribution >= 0.6 is 0 Å². The minimum atomic E-state index is -0.902. The van der Waals surface area contributed by atoms with Crippen molar-refractivity contribution in [2.24, 2.45) is 0 Å². The van der Waals surface area contributed by atoms with Crippen molar-refractivity contribution in [1.82, 2.24) is 14.9 Å². The second-order valence-corrected chi connectivity index (χ2v) is 2.86. The maximum absolute atomic E-state index is 12.9. The van der Waals surface area contributed by atoms with E-state index in [0.29, 0.717) is 17.5 Å². The number of halogens is 1. The first-order chi connectivity index (χ1) is 7.06. The molecule has 1 aromatic heterocycles. The van der Waals surface area contributed by atoms with Crippen molar-refractivity contribution in [3.8, 4) is 0 Å². The number of anilines is 1. The second kappa shape index (κ2) is 4.54. The van der Waals surface area contributed by atoms with Crippen LogP contribution in [0.25, 0.3) is 0 Å². The first-order valence-corrected chi connectivity index (χ1v) is 4.39. The van der Waals surface area contributed by atoms with Crippen LogP contribution in [-0.4, -0.2) is 22.1 Å². The predicted molar refractivity (Wildman–Crippen MR) is 52.0 cm³/mol. The normalized spacial score (nSPS) is 10.0. The zero-order valence-electron chi connectivity index (χ0n) is 8.16. The van der Waals surface area contributed by atoms with E-state index in [2.05, 4.69) is 10.3 Å². The summed E-state index contributed by atoms with van der Waals surface area (Å²) in [5.74, 6) is -1.42. The van der Waals surface area contributed by atoms with E-state index in [0.717, 1.165) is 6.20 Å². The summed E-state index contributed by atoms with van der Waals surface area (Å²) in [5, 5.41) is 2.41. The lowest BCUT2D eigenvalue weighted by Crippen LogP contribution is -2.38. The smallest absolute Gasteiger partial charge is 0.357 e. The Balaban J connectivity index is 2.99. The molecule has 0 bridgehead atoms. The Bertz CT molecular complexity index is 429. The van der Waals surface area contributed by atoms with Crippen LogP contribution in [0.3, 0.4) is 0 Å². The van der Waals surface area contributed by atoms with E-state index in [1.807, 2.05) is 6.92 Å². The fraction of sp³-hybridized carbons (Fsp3) is 0.375. The zero-order valence-corrected chi connectivity index (χ0v) is 8.16. The Labute approximate surface area is 84.9 Å². The molecule has 0 aliphatic rings. The van der Waals surface area contributed by atoms with Crippen molar-refractivity contribution in [3.05, 3.63) is 22.5 Å². The molecule has 0 aromatic carbocycles. The van der Waals surface area contributed by atoms with Crippen molar-refractivity contribution in [2.75, 3.05) is 12.3 Å². The number of rotatable bonds is 2. The lowest BCUT2D eigenvalue weighted by Gasteiger charge is -2.05. The van der Waals surface area contributed by atoms with Crippen LogP contribution in [0.5, 0.6) is 0 Å². The van der Waals surface area contributed by atoms with E-state index in [1.165, 1.54) is 0 Å². The largest absolute Gasteiger partial charge is 0.381 e. The summed E-state index contributed by atoms with van der Waals surface area (Å²) in [6.07, 6.45) is 1.43. The first-order valence-electron chi connectivity index (χ1n) is 4.39. The molecule has 15 heavy (non-hydrogen) atoms. The van der Waals surface area contributed by atoms with Crippen molar-refractivity contribution >= 4 is 11.8 Å². The molecule has 0 aliphatic heterocycles. The van der Waals surface area contributed by atoms with Gasteiger partial charge in [-0.25, -0.2) is 18.5 Å². The highest BCUT2D eigenvalue weighted by atomic mass is 19.1. The van der Waals surface area contributed by atoms with E-state index in [-0.39, 0.29) is 0 Å². The Morgan fingerprint density at radius 2 is 2.40 bits per heavy atom. The van der Waals surface area contributed by atoms with E-state index in [4.69, 9.17) is 5.73 Å². The molecule has 0 radical (unpaired) electrons. The molecule has 82 valence electrons. The molecule has 0 aliphatic carbocycles. The Hall–Kier alpha value is -1.92. The average Bonchev–Trinajstić information content (AvgIpc) is 2.20. The van der Waals surface area contributed by atoms with E-state index in [1.54, 1.807) is 0 Å². The number of hydrogen-bond acceptors (Lipinski definition) is 4. The topological polar surface area (TPSA) is 90.0 Å². The van der Waals surface area contributed by atoms with Gasteiger partial charge in [-0.3, -0.25) is 0 Å². The number of hydrogen-bond donors (Lipinski definition) is 2. The van der Waals surface area contributed by atoms with Crippen molar-refractivity contribution in [1.29, 1.82) is 0 Å². The van der Waals surface area contributed by atoms with Gasteiger partial charge in [0, 0.05) is 6.54 Å². The fourth-order valence-electron chi connectivity index (χ4n) is 0.908. The molecule has 1 aromatic rings. The maximum Gasteiger partial charge on any atom is 0.357 e. The second-order valence-electron chi connectivity index (χ2n) is 2.86. The standard InChI is InChI=1S/C8H11FN4O2/c1-2-3-11-7(14)13-4-5(9)6(10)12-8(13)15/h4H,2-3H2,1H3,(H,11,14)(H2,10,12,15). The molecule has 1 rings (SSSR count). The molecule has 1 heterocycles. The summed E-state index contributed by atoms with van der Waals surface area (Å²) >= 11 is 0. The van der Waals surface area contributed by atoms with Crippen LogP contribution in [0.1, 0.15) is 13.3 Å². The molecular weight excluding hydrogens is 203 g/mol. The summed E-state index contributed by atoms with van der Waals surface area (Å²) in [6, 6.07) is -0.715. The van der Waals surface area contributed by atoms with Crippen molar-refractivity contribution < 1.29 is 9.18 Å². The Morgan fingerprint density at radius 1 is 1.73 bits per heavy atom. The van der Waals surface area contributed by atoms with Gasteiger partial charge in [-0.15, -0.1) is 0 Å². The predicted octanol–water partition coefficient (Wildman–Crippen LogP) is -0.0677. The molecule has 0 unspecified atom stereocenters. The average molecular weight is 214 g/mol. The molecule has 0 saturated carbocycles. The third-order valence-corrected chi connectivity index (χ3v) is 1.65. The van der Waals surface area contributed by atoms with Crippen LogP contribution in [0.15, 0.2) is 11.0 Å². The van der Waals surface area contributed by atoms with Crippen LogP contribution in [0, 0.1) is 5.82 Å². The van der Waals surface area contributed by atoms with Crippen molar-refractivity contribution in [3.63, 3.8) is 0 Å². The van der Waals surface area contributed by atoms with Gasteiger partial charge in [-0.1, -0.05) is 6.92 Å². The van der Waals surface area contributed by atoms with Crippen LogP contribution in [0.2, 0.25) is 0 Å². The number of amides is 1. The number of nitrogen functional groups attached to an aromatic ring is 1. The third-order valence-electron chi connectivity index (χ3n) is 1.65. The number of carbonyl (C=O) groups excluding carboxylic acids is 1. The molecule has 0 fully saturated rings. The number of nitrogens with two attached hydrogens (primary N) is 1. The fourth-order valence-corrected chi connectivity index (χ4v) is 0.908. The van der Waals surface area contributed by atoms with Gasteiger partial charge >= 0.3 is 11.7 Å². The van der Waals surface area contributed by atoms with E-state index < -0.39 is 23.4 Å². The van der Waals surface area contributed by atoms with Gasteiger partial charge in [0.1, 0.15) is 0 Å². The highest BCUT2D eigenvalue weighted by Gasteiger charge is 2.10. The molecule has 0 saturated heterocycles.